The summed E-state index contributed by atoms with van der Waals surface area (Å²) in [7, 11) is 0. The number of aliphatic carboxylic acids is 1. The van der Waals surface area contributed by atoms with Crippen LogP contribution in [0.15, 0.2) is 42.5 Å². The third-order valence-corrected chi connectivity index (χ3v) is 9.37. The van der Waals surface area contributed by atoms with E-state index in [9.17, 15) is 28.8 Å². The number of rotatable bonds is 17. The highest BCUT2D eigenvalue weighted by Crippen LogP contribution is 2.31. The van der Waals surface area contributed by atoms with Crippen LogP contribution >= 0.6 is 0 Å². The van der Waals surface area contributed by atoms with Crippen LogP contribution < -0.4 is 0 Å². The zero-order chi connectivity index (χ0) is 40.8. The van der Waals surface area contributed by atoms with E-state index in [2.05, 4.69) is 6.58 Å². The van der Waals surface area contributed by atoms with Gasteiger partial charge in [0.2, 0.25) is 0 Å². The Balaban J connectivity index is 0.000000785. The van der Waals surface area contributed by atoms with Gasteiger partial charge >= 0.3 is 35.8 Å². The first-order valence-electron chi connectivity index (χ1n) is 18.4. The fraction of sp³-hybridized carbons (Fsp3) is 0.659. The topological polar surface area (TPSA) is 169 Å². The van der Waals surface area contributed by atoms with Crippen LogP contribution in [0.4, 0.5) is 0 Å². The van der Waals surface area contributed by atoms with Crippen molar-refractivity contribution in [3.63, 3.8) is 0 Å². The van der Waals surface area contributed by atoms with Gasteiger partial charge in [0.05, 0.1) is 28.1 Å². The van der Waals surface area contributed by atoms with Crippen LogP contribution in [0.2, 0.25) is 0 Å². The first kappa shape index (κ1) is 48.8. The quantitative estimate of drug-likeness (QED) is 0.0716. The Hall–Kier alpha value is -4.22. The van der Waals surface area contributed by atoms with Crippen LogP contribution in [-0.2, 0) is 59.1 Å². The smallest absolute Gasteiger partial charge is 0.333 e. The van der Waals surface area contributed by atoms with Crippen LogP contribution in [-0.4, -0.2) is 67.3 Å². The summed E-state index contributed by atoms with van der Waals surface area (Å²) in [6.07, 6.45) is 4.87. The average molecular weight is 749 g/mol. The zero-order valence-corrected chi connectivity index (χ0v) is 33.7. The summed E-state index contributed by atoms with van der Waals surface area (Å²) in [5, 5.41) is 9.14. The Morgan fingerprint density at radius 2 is 1.04 bits per heavy atom. The van der Waals surface area contributed by atoms with Gasteiger partial charge < -0.3 is 28.8 Å². The average Bonchev–Trinajstić information content (AvgIpc) is 3.14. The molecule has 12 heteroatoms. The van der Waals surface area contributed by atoms with Gasteiger partial charge in [-0.3, -0.25) is 24.0 Å². The number of esters is 5. The molecule has 0 aromatic heterocycles. The first-order chi connectivity index (χ1) is 24.7. The molecule has 1 aliphatic carbocycles. The standard InChI is InChI=1S/C16H26O6.C13H18O2.C12H20O4/c1-4-16(2,3)15(20)22-10-9-21-14(19)12-8-6-5-7-11(12)13(17)18;1-4-13(2,3)12(14)15-10-11-8-6-5-7-9-11;1-6-12(4,5)11(14)16-8-7-15-10(13)9(2)3/h11-12H,4-10H2,1-3H3,(H,17,18);5-9H,4,10H2,1-3H3;2,6-8H2,1,3-5H3. The van der Waals surface area contributed by atoms with Crippen LogP contribution in [0.5, 0.6) is 0 Å². The molecule has 0 radical (unpaired) electrons. The van der Waals surface area contributed by atoms with Crippen molar-refractivity contribution in [1.82, 2.24) is 0 Å². The van der Waals surface area contributed by atoms with E-state index in [1.54, 1.807) is 20.8 Å². The molecule has 0 heterocycles. The molecule has 0 bridgehead atoms. The van der Waals surface area contributed by atoms with Crippen molar-refractivity contribution in [3.05, 3.63) is 48.0 Å². The molecular weight excluding hydrogens is 684 g/mol. The summed E-state index contributed by atoms with van der Waals surface area (Å²) in [6.45, 7) is 22.3. The second-order valence-corrected chi connectivity index (χ2v) is 15.0. The van der Waals surface area contributed by atoms with E-state index in [4.69, 9.17) is 28.8 Å². The third kappa shape index (κ3) is 18.9. The minimum Gasteiger partial charge on any atom is -0.481 e. The molecule has 0 saturated heterocycles. The molecule has 0 aliphatic heterocycles. The summed E-state index contributed by atoms with van der Waals surface area (Å²) < 4.78 is 25.2. The molecule has 0 spiro atoms. The maximum atomic E-state index is 12.0. The lowest BCUT2D eigenvalue weighted by molar-refractivity contribution is -0.164. The van der Waals surface area contributed by atoms with Crippen LogP contribution in [0.25, 0.3) is 0 Å². The Morgan fingerprint density at radius 1 is 0.642 bits per heavy atom. The predicted octanol–water partition coefficient (Wildman–Crippen LogP) is 7.65. The molecule has 1 saturated carbocycles. The number of benzene rings is 1. The number of carboxylic acid groups (broad SMARTS) is 1. The van der Waals surface area contributed by atoms with Gasteiger partial charge in [-0.25, -0.2) is 4.79 Å². The number of carboxylic acids is 1. The Morgan fingerprint density at radius 3 is 1.45 bits per heavy atom. The fourth-order valence-corrected chi connectivity index (χ4v) is 4.23. The molecule has 1 fully saturated rings. The van der Waals surface area contributed by atoms with Gasteiger partial charge in [0, 0.05) is 5.57 Å². The molecular formula is C41H64O12. The molecule has 300 valence electrons. The van der Waals surface area contributed by atoms with Crippen LogP contribution in [0.3, 0.4) is 0 Å². The van der Waals surface area contributed by atoms with Crippen molar-refractivity contribution in [3.8, 4) is 0 Å². The molecule has 1 N–H and O–H groups in total. The Kier molecular flexibility index (Phi) is 22.2. The van der Waals surface area contributed by atoms with E-state index in [0.29, 0.717) is 37.9 Å². The molecule has 0 amide bonds. The van der Waals surface area contributed by atoms with Crippen molar-refractivity contribution >= 4 is 35.8 Å². The number of hydrogen-bond acceptors (Lipinski definition) is 11. The molecule has 1 aliphatic rings. The van der Waals surface area contributed by atoms with E-state index < -0.39 is 40.6 Å². The fourth-order valence-electron chi connectivity index (χ4n) is 4.23. The molecule has 1 aromatic carbocycles. The lowest BCUT2D eigenvalue weighted by Crippen LogP contribution is -2.34. The zero-order valence-electron chi connectivity index (χ0n) is 33.7. The number of carbonyl (C=O) groups excluding carboxylic acids is 5. The van der Waals surface area contributed by atoms with Crippen molar-refractivity contribution in [2.24, 2.45) is 28.1 Å². The Bertz CT molecular complexity index is 1330. The van der Waals surface area contributed by atoms with Gasteiger partial charge in [-0.1, -0.05) is 70.5 Å². The first-order valence-corrected chi connectivity index (χ1v) is 18.4. The van der Waals surface area contributed by atoms with E-state index >= 15 is 0 Å². The van der Waals surface area contributed by atoms with E-state index in [-0.39, 0.29) is 49.8 Å². The van der Waals surface area contributed by atoms with E-state index in [0.717, 1.165) is 24.8 Å². The molecule has 2 unspecified atom stereocenters. The highest BCUT2D eigenvalue weighted by Gasteiger charge is 2.37. The predicted molar refractivity (Wildman–Crippen MR) is 200 cm³/mol. The highest BCUT2D eigenvalue weighted by atomic mass is 16.6. The monoisotopic (exact) mass is 748 g/mol. The largest absolute Gasteiger partial charge is 0.481 e. The van der Waals surface area contributed by atoms with E-state index in [1.807, 2.05) is 78.8 Å². The van der Waals surface area contributed by atoms with Crippen molar-refractivity contribution in [1.29, 1.82) is 0 Å². The summed E-state index contributed by atoms with van der Waals surface area (Å²) in [4.78, 5) is 69.0. The molecule has 12 nitrogen and oxygen atoms in total. The van der Waals surface area contributed by atoms with Crippen LogP contribution in [0.1, 0.15) is 120 Å². The highest BCUT2D eigenvalue weighted by molar-refractivity contribution is 5.87. The van der Waals surface area contributed by atoms with Gasteiger partial charge in [0.25, 0.3) is 0 Å². The van der Waals surface area contributed by atoms with Crippen LogP contribution in [0, 0.1) is 28.1 Å². The van der Waals surface area contributed by atoms with Gasteiger partial charge in [-0.15, -0.1) is 0 Å². The molecule has 2 atom stereocenters. The normalized spacial score (nSPS) is 15.5. The lowest BCUT2D eigenvalue weighted by Gasteiger charge is -2.26. The minimum atomic E-state index is -0.947. The van der Waals surface area contributed by atoms with Crippen molar-refractivity contribution < 1.29 is 57.6 Å². The summed E-state index contributed by atoms with van der Waals surface area (Å²) in [5.41, 5.74) is -0.0625. The maximum absolute atomic E-state index is 12.0. The molecule has 1 aromatic rings. The minimum absolute atomic E-state index is 0.00153. The van der Waals surface area contributed by atoms with Gasteiger partial charge in [0.15, 0.2) is 0 Å². The maximum Gasteiger partial charge on any atom is 0.333 e. The summed E-state index contributed by atoms with van der Waals surface area (Å²) >= 11 is 0. The van der Waals surface area contributed by atoms with E-state index in [1.165, 1.54) is 0 Å². The van der Waals surface area contributed by atoms with Gasteiger partial charge in [-0.05, 0) is 86.1 Å². The van der Waals surface area contributed by atoms with Crippen molar-refractivity contribution in [2.45, 2.75) is 121 Å². The van der Waals surface area contributed by atoms with Gasteiger partial charge in [0.1, 0.15) is 33.0 Å². The molecule has 2 rings (SSSR count). The van der Waals surface area contributed by atoms with Crippen molar-refractivity contribution in [2.75, 3.05) is 26.4 Å². The lowest BCUT2D eigenvalue weighted by atomic mass is 9.79. The number of carbonyl (C=O) groups is 6. The summed E-state index contributed by atoms with van der Waals surface area (Å²) in [5.74, 6) is -3.90. The second-order valence-electron chi connectivity index (χ2n) is 15.0. The number of ether oxygens (including phenoxy) is 5. The summed E-state index contributed by atoms with van der Waals surface area (Å²) in [6, 6.07) is 9.72. The Labute approximate surface area is 316 Å². The van der Waals surface area contributed by atoms with Gasteiger partial charge in [-0.2, -0.15) is 0 Å². The third-order valence-electron chi connectivity index (χ3n) is 9.37. The molecule has 53 heavy (non-hydrogen) atoms. The number of hydrogen-bond donors (Lipinski definition) is 1. The SMILES string of the molecule is C=C(C)C(=O)OCCOC(=O)C(C)(C)CC.CCC(C)(C)C(=O)OCCOC(=O)C1CCCCC1C(=O)O.CCC(C)(C)C(=O)OCc1ccccc1. The second kappa shape index (κ2) is 24.2.